The second kappa shape index (κ2) is 8.64. The maximum Gasteiger partial charge on any atom is 0.255 e. The molecule has 1 atom stereocenters. The number of benzene rings is 2. The quantitative estimate of drug-likeness (QED) is 0.680. The van der Waals surface area contributed by atoms with Gasteiger partial charge in [0.2, 0.25) is 5.91 Å². The third-order valence-electron chi connectivity index (χ3n) is 6.46. The average molecular weight is 441 g/mol. The van der Waals surface area contributed by atoms with Crippen molar-refractivity contribution in [3.05, 3.63) is 64.7 Å². The lowest BCUT2D eigenvalue weighted by atomic mass is 9.63. The zero-order valence-corrected chi connectivity index (χ0v) is 18.8. The van der Waals surface area contributed by atoms with Crippen LogP contribution in [0.2, 0.25) is 5.02 Å². The summed E-state index contributed by atoms with van der Waals surface area (Å²) in [6.07, 6.45) is 4.41. The summed E-state index contributed by atoms with van der Waals surface area (Å²) >= 11 is 5.98. The Morgan fingerprint density at radius 2 is 1.84 bits per heavy atom. The molecule has 2 aliphatic rings. The van der Waals surface area contributed by atoms with Crippen LogP contribution in [0.4, 0.5) is 5.69 Å². The minimum Gasteiger partial charge on any atom is -0.375 e. The van der Waals surface area contributed by atoms with Crippen LogP contribution < -0.4 is 10.6 Å². The van der Waals surface area contributed by atoms with E-state index in [4.69, 9.17) is 16.3 Å². The number of carbonyl (C=O) groups is 2. The molecule has 31 heavy (non-hydrogen) atoms. The Morgan fingerprint density at radius 3 is 2.45 bits per heavy atom. The standard InChI is InChI=1S/C25H29ClN2O3/c1-24(2)16-21(11-14-31-24)28-23(30)25(12-4-13-25)18-7-9-20(10-8-18)27-22(29)17-5-3-6-19(26)15-17/h3,5-10,15,21H,4,11-14,16H2,1-2H3,(H,27,29)(H,28,30). The molecule has 0 spiro atoms. The van der Waals surface area contributed by atoms with Crippen molar-refractivity contribution in [1.82, 2.24) is 5.32 Å². The Kier molecular flexibility index (Phi) is 6.09. The first kappa shape index (κ1) is 21.8. The van der Waals surface area contributed by atoms with E-state index in [1.807, 2.05) is 24.3 Å². The van der Waals surface area contributed by atoms with Crippen LogP contribution in [-0.4, -0.2) is 30.1 Å². The number of hydrogen-bond donors (Lipinski definition) is 2. The maximum absolute atomic E-state index is 13.3. The van der Waals surface area contributed by atoms with Gasteiger partial charge in [-0.1, -0.05) is 36.2 Å². The number of carbonyl (C=O) groups excluding carboxylic acids is 2. The van der Waals surface area contributed by atoms with Crippen molar-refractivity contribution >= 4 is 29.1 Å². The molecule has 5 nitrogen and oxygen atoms in total. The maximum atomic E-state index is 13.3. The van der Waals surface area contributed by atoms with Crippen molar-refractivity contribution in [1.29, 1.82) is 0 Å². The lowest BCUT2D eigenvalue weighted by Crippen LogP contribution is -2.54. The second-order valence-corrected chi connectivity index (χ2v) is 9.69. The molecular weight excluding hydrogens is 412 g/mol. The smallest absolute Gasteiger partial charge is 0.255 e. The number of nitrogens with one attached hydrogen (secondary N) is 2. The molecule has 0 bridgehead atoms. The molecule has 2 N–H and O–H groups in total. The van der Waals surface area contributed by atoms with Gasteiger partial charge >= 0.3 is 0 Å². The molecule has 2 amide bonds. The van der Waals surface area contributed by atoms with Gasteiger partial charge in [0.15, 0.2) is 0 Å². The van der Waals surface area contributed by atoms with Gasteiger partial charge in [0, 0.05) is 28.9 Å². The second-order valence-electron chi connectivity index (χ2n) is 9.25. The van der Waals surface area contributed by atoms with Gasteiger partial charge in [-0.15, -0.1) is 0 Å². The molecule has 1 heterocycles. The van der Waals surface area contributed by atoms with Crippen molar-refractivity contribution in [2.24, 2.45) is 0 Å². The molecule has 2 aromatic rings. The Hall–Kier alpha value is -2.37. The van der Waals surface area contributed by atoms with Crippen LogP contribution in [0.25, 0.3) is 0 Å². The summed E-state index contributed by atoms with van der Waals surface area (Å²) in [6, 6.07) is 14.6. The van der Waals surface area contributed by atoms with E-state index in [1.165, 1.54) is 0 Å². The number of hydrogen-bond acceptors (Lipinski definition) is 3. The summed E-state index contributed by atoms with van der Waals surface area (Å²) in [5.74, 6) is -0.106. The molecule has 164 valence electrons. The number of amides is 2. The third kappa shape index (κ3) is 4.78. The van der Waals surface area contributed by atoms with E-state index in [2.05, 4.69) is 24.5 Å². The van der Waals surface area contributed by atoms with Crippen molar-refractivity contribution in [2.75, 3.05) is 11.9 Å². The fraction of sp³-hybridized carbons (Fsp3) is 0.440. The van der Waals surface area contributed by atoms with Gasteiger partial charge < -0.3 is 15.4 Å². The molecule has 2 fully saturated rings. The van der Waals surface area contributed by atoms with Gasteiger partial charge in [-0.05, 0) is 75.4 Å². The van der Waals surface area contributed by atoms with Crippen LogP contribution in [0.1, 0.15) is 61.9 Å². The van der Waals surface area contributed by atoms with E-state index in [0.717, 1.165) is 37.7 Å². The van der Waals surface area contributed by atoms with Crippen molar-refractivity contribution in [3.63, 3.8) is 0 Å². The first-order valence-electron chi connectivity index (χ1n) is 10.9. The van der Waals surface area contributed by atoms with Crippen molar-refractivity contribution in [2.45, 2.75) is 63.0 Å². The molecule has 1 saturated heterocycles. The molecule has 0 radical (unpaired) electrons. The summed E-state index contributed by atoms with van der Waals surface area (Å²) in [6.45, 7) is 4.81. The average Bonchev–Trinajstić information content (AvgIpc) is 2.67. The SMILES string of the molecule is CC1(C)CC(NC(=O)C2(c3ccc(NC(=O)c4cccc(Cl)c4)cc3)CCC2)CCO1. The van der Waals surface area contributed by atoms with Crippen LogP contribution >= 0.6 is 11.6 Å². The highest BCUT2D eigenvalue weighted by molar-refractivity contribution is 6.31. The topological polar surface area (TPSA) is 67.4 Å². The van der Waals surface area contributed by atoms with Gasteiger partial charge in [0.25, 0.3) is 5.91 Å². The fourth-order valence-corrected chi connectivity index (χ4v) is 4.75. The van der Waals surface area contributed by atoms with Crippen LogP contribution in [0.5, 0.6) is 0 Å². The monoisotopic (exact) mass is 440 g/mol. The van der Waals surface area contributed by atoms with Gasteiger partial charge in [-0.2, -0.15) is 0 Å². The zero-order valence-electron chi connectivity index (χ0n) is 18.0. The molecule has 4 rings (SSSR count). The Bertz CT molecular complexity index is 967. The van der Waals surface area contributed by atoms with Crippen molar-refractivity contribution in [3.8, 4) is 0 Å². The third-order valence-corrected chi connectivity index (χ3v) is 6.69. The summed E-state index contributed by atoms with van der Waals surface area (Å²) in [5.41, 5.74) is 1.52. The van der Waals surface area contributed by atoms with E-state index in [9.17, 15) is 9.59 Å². The number of anilines is 1. The molecule has 1 aliphatic carbocycles. The molecule has 1 saturated carbocycles. The Labute approximate surface area is 188 Å². The summed E-state index contributed by atoms with van der Waals surface area (Å²) in [7, 11) is 0. The lowest BCUT2D eigenvalue weighted by Gasteiger charge is -2.43. The predicted octanol–water partition coefficient (Wildman–Crippen LogP) is 5.09. The molecule has 6 heteroatoms. The molecule has 0 aromatic heterocycles. The molecular formula is C25H29ClN2O3. The van der Waals surface area contributed by atoms with Crippen LogP contribution in [0.15, 0.2) is 48.5 Å². The van der Waals surface area contributed by atoms with E-state index < -0.39 is 5.41 Å². The number of halogens is 1. The van der Waals surface area contributed by atoms with E-state index in [1.54, 1.807) is 24.3 Å². The highest BCUT2D eigenvalue weighted by Gasteiger charge is 2.46. The Morgan fingerprint density at radius 1 is 1.10 bits per heavy atom. The van der Waals surface area contributed by atoms with Crippen LogP contribution in [-0.2, 0) is 14.9 Å². The summed E-state index contributed by atoms with van der Waals surface area (Å²) in [4.78, 5) is 25.7. The predicted molar refractivity (Wildman–Crippen MR) is 123 cm³/mol. The van der Waals surface area contributed by atoms with Crippen LogP contribution in [0.3, 0.4) is 0 Å². The van der Waals surface area contributed by atoms with Gasteiger partial charge in [-0.3, -0.25) is 9.59 Å². The largest absolute Gasteiger partial charge is 0.375 e. The Balaban J connectivity index is 1.44. The number of rotatable bonds is 5. The normalized spacial score (nSPS) is 21.6. The van der Waals surface area contributed by atoms with E-state index >= 15 is 0 Å². The van der Waals surface area contributed by atoms with Crippen molar-refractivity contribution < 1.29 is 14.3 Å². The lowest BCUT2D eigenvalue weighted by molar-refractivity contribution is -0.132. The molecule has 1 unspecified atom stereocenters. The first-order valence-corrected chi connectivity index (χ1v) is 11.3. The summed E-state index contributed by atoms with van der Waals surface area (Å²) < 4.78 is 5.78. The van der Waals surface area contributed by atoms with Gasteiger partial charge in [0.1, 0.15) is 0 Å². The van der Waals surface area contributed by atoms with E-state index in [-0.39, 0.29) is 23.5 Å². The van der Waals surface area contributed by atoms with E-state index in [0.29, 0.717) is 22.9 Å². The fourth-order valence-electron chi connectivity index (χ4n) is 4.56. The minimum absolute atomic E-state index is 0.108. The minimum atomic E-state index is -0.474. The first-order chi connectivity index (χ1) is 14.8. The number of ether oxygens (including phenoxy) is 1. The summed E-state index contributed by atoms with van der Waals surface area (Å²) in [5, 5.41) is 6.70. The van der Waals surface area contributed by atoms with Gasteiger partial charge in [0.05, 0.1) is 11.0 Å². The molecule has 2 aromatic carbocycles. The highest BCUT2D eigenvalue weighted by Crippen LogP contribution is 2.44. The highest BCUT2D eigenvalue weighted by atomic mass is 35.5. The zero-order chi connectivity index (χ0) is 22.1. The van der Waals surface area contributed by atoms with Crippen LogP contribution in [0, 0.1) is 0 Å². The molecule has 1 aliphatic heterocycles. The van der Waals surface area contributed by atoms with Gasteiger partial charge in [-0.25, -0.2) is 0 Å².